The van der Waals surface area contributed by atoms with Crippen LogP contribution in [0.5, 0.6) is 0 Å². The van der Waals surface area contributed by atoms with Crippen LogP contribution < -0.4 is 5.32 Å². The summed E-state index contributed by atoms with van der Waals surface area (Å²) >= 11 is 6.16. The standard InChI is InChI=1S/C17H20ClNO2/c1-15-10-21-17(9-11(15)7-8-16(15,17)2)14(20)19-13-6-4-3-5-12(13)18/h3-6,11H,7-10H2,1-2H3,(H,19,20)/t11-,15-,16-,17-/m0/s1. The number of rotatable bonds is 2. The predicted octanol–water partition coefficient (Wildman–Crippen LogP) is 3.87. The van der Waals surface area contributed by atoms with Gasteiger partial charge < -0.3 is 10.1 Å². The summed E-state index contributed by atoms with van der Waals surface area (Å²) in [6.45, 7) is 5.23. The fraction of sp³-hybridized carbons (Fsp3) is 0.588. The number of ether oxygens (including phenoxy) is 1. The van der Waals surface area contributed by atoms with Gasteiger partial charge >= 0.3 is 0 Å². The molecular formula is C17H20ClNO2. The largest absolute Gasteiger partial charge is 0.364 e. The lowest BCUT2D eigenvalue weighted by molar-refractivity contribution is -0.149. The summed E-state index contributed by atoms with van der Waals surface area (Å²) in [5.74, 6) is 0.581. The van der Waals surface area contributed by atoms with Crippen molar-refractivity contribution in [2.24, 2.45) is 16.7 Å². The fourth-order valence-electron chi connectivity index (χ4n) is 5.04. The number of nitrogens with one attached hydrogen (secondary N) is 1. The molecule has 1 aromatic rings. The van der Waals surface area contributed by atoms with Crippen LogP contribution in [0.1, 0.15) is 33.1 Å². The van der Waals surface area contributed by atoms with E-state index in [4.69, 9.17) is 16.3 Å². The Morgan fingerprint density at radius 1 is 1.38 bits per heavy atom. The van der Waals surface area contributed by atoms with Gasteiger partial charge in [0.25, 0.3) is 5.91 Å². The van der Waals surface area contributed by atoms with Crippen LogP contribution in [0.2, 0.25) is 5.02 Å². The van der Waals surface area contributed by atoms with Gasteiger partial charge in [-0.3, -0.25) is 4.79 Å². The molecule has 0 radical (unpaired) electrons. The number of halogens is 1. The van der Waals surface area contributed by atoms with Crippen LogP contribution in [0.3, 0.4) is 0 Å². The predicted molar refractivity (Wildman–Crippen MR) is 82.3 cm³/mol. The Labute approximate surface area is 130 Å². The fourth-order valence-corrected chi connectivity index (χ4v) is 5.23. The van der Waals surface area contributed by atoms with Crippen LogP contribution in [0, 0.1) is 16.7 Å². The third kappa shape index (κ3) is 1.42. The maximum absolute atomic E-state index is 13.0. The summed E-state index contributed by atoms with van der Waals surface area (Å²) in [6, 6.07) is 7.36. The molecule has 2 aliphatic carbocycles. The molecule has 4 heteroatoms. The van der Waals surface area contributed by atoms with E-state index in [-0.39, 0.29) is 16.7 Å². The first-order chi connectivity index (χ1) is 9.93. The Bertz CT molecular complexity index is 633. The topological polar surface area (TPSA) is 38.3 Å². The van der Waals surface area contributed by atoms with Gasteiger partial charge in [0, 0.05) is 10.8 Å². The van der Waals surface area contributed by atoms with E-state index < -0.39 is 5.60 Å². The molecule has 3 aliphatic rings. The first-order valence-corrected chi connectivity index (χ1v) is 8.01. The van der Waals surface area contributed by atoms with Gasteiger partial charge in [0.1, 0.15) is 0 Å². The number of hydrogen-bond donors (Lipinski definition) is 1. The summed E-state index contributed by atoms with van der Waals surface area (Å²) in [7, 11) is 0. The molecule has 1 heterocycles. The maximum Gasteiger partial charge on any atom is 0.257 e. The summed E-state index contributed by atoms with van der Waals surface area (Å²) in [5, 5.41) is 3.57. The number of carbonyl (C=O) groups excluding carboxylic acids is 1. The molecule has 1 N–H and O–H groups in total. The quantitative estimate of drug-likeness (QED) is 0.900. The lowest BCUT2D eigenvalue weighted by Crippen LogP contribution is -2.52. The molecule has 0 unspecified atom stereocenters. The van der Waals surface area contributed by atoms with E-state index in [0.717, 1.165) is 12.8 Å². The van der Waals surface area contributed by atoms with E-state index in [1.54, 1.807) is 6.07 Å². The van der Waals surface area contributed by atoms with E-state index in [1.165, 1.54) is 6.42 Å². The van der Waals surface area contributed by atoms with Gasteiger partial charge in [0.15, 0.2) is 5.60 Å². The maximum atomic E-state index is 13.0. The first kappa shape index (κ1) is 13.6. The summed E-state index contributed by atoms with van der Waals surface area (Å²) in [6.07, 6.45) is 3.14. The zero-order valence-electron chi connectivity index (χ0n) is 12.4. The van der Waals surface area contributed by atoms with Crippen LogP contribution in [0.15, 0.2) is 24.3 Å². The van der Waals surface area contributed by atoms with E-state index in [2.05, 4.69) is 19.2 Å². The van der Waals surface area contributed by atoms with Crippen LogP contribution >= 0.6 is 11.6 Å². The van der Waals surface area contributed by atoms with Crippen molar-refractivity contribution in [1.82, 2.24) is 0 Å². The number of hydrogen-bond acceptors (Lipinski definition) is 2. The Morgan fingerprint density at radius 2 is 2.14 bits per heavy atom. The highest BCUT2D eigenvalue weighted by atomic mass is 35.5. The minimum absolute atomic E-state index is 0.0241. The monoisotopic (exact) mass is 305 g/mol. The Morgan fingerprint density at radius 3 is 2.81 bits per heavy atom. The van der Waals surface area contributed by atoms with Crippen molar-refractivity contribution < 1.29 is 9.53 Å². The lowest BCUT2D eigenvalue weighted by Gasteiger charge is -2.40. The van der Waals surface area contributed by atoms with Crippen molar-refractivity contribution in [2.45, 2.75) is 38.7 Å². The van der Waals surface area contributed by atoms with Gasteiger partial charge in [-0.05, 0) is 37.3 Å². The molecule has 3 fully saturated rings. The smallest absolute Gasteiger partial charge is 0.257 e. The highest BCUT2D eigenvalue weighted by molar-refractivity contribution is 6.33. The first-order valence-electron chi connectivity index (χ1n) is 7.63. The van der Waals surface area contributed by atoms with Gasteiger partial charge in [0.05, 0.1) is 17.3 Å². The highest BCUT2D eigenvalue weighted by Gasteiger charge is 2.78. The van der Waals surface area contributed by atoms with E-state index in [9.17, 15) is 4.79 Å². The minimum Gasteiger partial charge on any atom is -0.364 e. The van der Waals surface area contributed by atoms with Crippen molar-refractivity contribution in [3.63, 3.8) is 0 Å². The molecule has 0 spiro atoms. The molecule has 4 rings (SSSR count). The molecule has 1 aromatic carbocycles. The Balaban J connectivity index is 1.68. The molecule has 21 heavy (non-hydrogen) atoms. The number of amides is 1. The van der Waals surface area contributed by atoms with Crippen molar-refractivity contribution >= 4 is 23.2 Å². The van der Waals surface area contributed by atoms with Gasteiger partial charge in [-0.25, -0.2) is 0 Å². The number of benzene rings is 1. The van der Waals surface area contributed by atoms with Gasteiger partial charge in [-0.15, -0.1) is 0 Å². The second kappa shape index (κ2) is 4.02. The molecular weight excluding hydrogens is 286 g/mol. The van der Waals surface area contributed by atoms with E-state index >= 15 is 0 Å². The number of carbonyl (C=O) groups is 1. The molecule has 1 amide bonds. The average Bonchev–Trinajstić information content (AvgIpc) is 2.93. The van der Waals surface area contributed by atoms with Crippen LogP contribution in [-0.2, 0) is 9.53 Å². The van der Waals surface area contributed by atoms with Gasteiger partial charge in [-0.2, -0.15) is 0 Å². The molecule has 2 saturated carbocycles. The molecule has 4 bridgehead atoms. The molecule has 0 aromatic heterocycles. The van der Waals surface area contributed by atoms with E-state index in [1.807, 2.05) is 18.2 Å². The molecule has 1 saturated heterocycles. The van der Waals surface area contributed by atoms with E-state index in [0.29, 0.717) is 23.2 Å². The molecule has 3 nitrogen and oxygen atoms in total. The summed E-state index contributed by atoms with van der Waals surface area (Å²) < 4.78 is 6.10. The summed E-state index contributed by atoms with van der Waals surface area (Å²) in [4.78, 5) is 13.0. The molecule has 112 valence electrons. The zero-order chi connectivity index (χ0) is 14.9. The number of anilines is 1. The van der Waals surface area contributed by atoms with Crippen molar-refractivity contribution in [3.05, 3.63) is 29.3 Å². The SMILES string of the molecule is C[C@@]12CC[C@H]3C[C@@]1(C(=O)Nc1ccccc1Cl)OC[C@@]32C. The second-order valence-electron chi connectivity index (χ2n) is 7.24. The minimum atomic E-state index is -0.677. The van der Waals surface area contributed by atoms with Crippen molar-refractivity contribution in [1.29, 1.82) is 0 Å². The third-order valence-electron chi connectivity index (χ3n) is 6.69. The van der Waals surface area contributed by atoms with Gasteiger partial charge in [0.2, 0.25) is 0 Å². The average molecular weight is 306 g/mol. The third-order valence-corrected chi connectivity index (χ3v) is 7.02. The van der Waals surface area contributed by atoms with Crippen LogP contribution in [0.25, 0.3) is 0 Å². The van der Waals surface area contributed by atoms with Crippen molar-refractivity contribution in [3.8, 4) is 0 Å². The van der Waals surface area contributed by atoms with Crippen LogP contribution in [0.4, 0.5) is 5.69 Å². The molecule has 4 atom stereocenters. The lowest BCUT2D eigenvalue weighted by atomic mass is 9.66. The summed E-state index contributed by atoms with van der Waals surface area (Å²) in [5.41, 5.74) is 0.0760. The Hall–Kier alpha value is -1.06. The highest BCUT2D eigenvalue weighted by Crippen LogP contribution is 2.75. The van der Waals surface area contributed by atoms with Crippen molar-refractivity contribution in [2.75, 3.05) is 11.9 Å². The second-order valence-corrected chi connectivity index (χ2v) is 7.65. The Kier molecular flexibility index (Phi) is 2.60. The van der Waals surface area contributed by atoms with Gasteiger partial charge in [-0.1, -0.05) is 37.6 Å². The molecule has 1 aliphatic heterocycles. The zero-order valence-corrected chi connectivity index (χ0v) is 13.2. The number of para-hydroxylation sites is 1. The van der Waals surface area contributed by atoms with Crippen LogP contribution in [-0.4, -0.2) is 18.1 Å². The normalized spacial score (nSPS) is 43.3.